The first-order valence-corrected chi connectivity index (χ1v) is 5.24. The van der Waals surface area contributed by atoms with E-state index in [9.17, 15) is 8.42 Å². The summed E-state index contributed by atoms with van der Waals surface area (Å²) in [5, 5.41) is 17.0. The van der Waals surface area contributed by atoms with Gasteiger partial charge in [0.25, 0.3) is 0 Å². The van der Waals surface area contributed by atoms with E-state index >= 15 is 0 Å². The van der Waals surface area contributed by atoms with Crippen molar-refractivity contribution in [2.75, 3.05) is 5.75 Å². The van der Waals surface area contributed by atoms with Gasteiger partial charge in [0.1, 0.15) is 0 Å². The fraction of sp³-hybridized carbons (Fsp3) is 0.833. The minimum atomic E-state index is -3.44. The highest BCUT2D eigenvalue weighted by molar-refractivity contribution is 7.89. The summed E-state index contributed by atoms with van der Waals surface area (Å²) < 4.78 is 24.2. The van der Waals surface area contributed by atoms with Gasteiger partial charge in [0.2, 0.25) is 10.0 Å². The predicted molar refractivity (Wildman–Crippen MR) is 41.6 cm³/mol. The van der Waals surface area contributed by atoms with Crippen molar-refractivity contribution in [3.05, 3.63) is 0 Å². The van der Waals surface area contributed by atoms with Gasteiger partial charge in [-0.3, -0.25) is 0 Å². The van der Waals surface area contributed by atoms with Gasteiger partial charge in [0, 0.05) is 6.04 Å². The standard InChI is InChI=1S/C6H10N2O3S/c7-1-2-12(10,11)8-5-3-6(9)4-5/h5-6,8-9H,2-4H2. The first-order valence-electron chi connectivity index (χ1n) is 3.58. The minimum absolute atomic E-state index is 0.182. The van der Waals surface area contributed by atoms with Crippen LogP contribution in [-0.4, -0.2) is 31.4 Å². The third-order valence-corrected chi connectivity index (χ3v) is 2.92. The van der Waals surface area contributed by atoms with Crippen LogP contribution in [0.5, 0.6) is 0 Å². The van der Waals surface area contributed by atoms with Gasteiger partial charge < -0.3 is 5.11 Å². The van der Waals surface area contributed by atoms with Crippen LogP contribution in [0, 0.1) is 11.3 Å². The number of sulfonamides is 1. The lowest BCUT2D eigenvalue weighted by molar-refractivity contribution is 0.0712. The third kappa shape index (κ3) is 2.44. The molecule has 1 saturated carbocycles. The summed E-state index contributed by atoms with van der Waals surface area (Å²) >= 11 is 0. The molecule has 6 heteroatoms. The number of rotatable bonds is 3. The number of nitrogens with zero attached hydrogens (tertiary/aromatic N) is 1. The van der Waals surface area contributed by atoms with E-state index in [1.807, 2.05) is 0 Å². The molecule has 0 saturated heterocycles. The zero-order valence-electron chi connectivity index (χ0n) is 6.40. The first kappa shape index (κ1) is 9.45. The second kappa shape index (κ2) is 3.39. The van der Waals surface area contributed by atoms with Gasteiger partial charge in [-0.2, -0.15) is 5.26 Å². The van der Waals surface area contributed by atoms with E-state index in [1.54, 1.807) is 6.07 Å². The van der Waals surface area contributed by atoms with Crippen molar-refractivity contribution in [3.8, 4) is 6.07 Å². The highest BCUT2D eigenvalue weighted by atomic mass is 32.2. The van der Waals surface area contributed by atoms with Crippen LogP contribution in [0.4, 0.5) is 0 Å². The van der Waals surface area contributed by atoms with Gasteiger partial charge in [-0.1, -0.05) is 0 Å². The van der Waals surface area contributed by atoms with E-state index in [-0.39, 0.29) is 12.1 Å². The van der Waals surface area contributed by atoms with Crippen LogP contribution in [-0.2, 0) is 10.0 Å². The Labute approximate surface area is 71.1 Å². The Bertz CT molecular complexity index is 286. The van der Waals surface area contributed by atoms with E-state index in [1.165, 1.54) is 0 Å². The van der Waals surface area contributed by atoms with Crippen LogP contribution in [0.3, 0.4) is 0 Å². The van der Waals surface area contributed by atoms with E-state index in [0.29, 0.717) is 12.8 Å². The van der Waals surface area contributed by atoms with Gasteiger partial charge in [-0.05, 0) is 12.8 Å². The van der Waals surface area contributed by atoms with Crippen LogP contribution in [0.25, 0.3) is 0 Å². The van der Waals surface area contributed by atoms with Crippen molar-refractivity contribution < 1.29 is 13.5 Å². The number of nitrogens with one attached hydrogen (secondary N) is 1. The van der Waals surface area contributed by atoms with E-state index < -0.39 is 15.8 Å². The lowest BCUT2D eigenvalue weighted by Gasteiger charge is -2.31. The SMILES string of the molecule is N#CCS(=O)(=O)NC1CC(O)C1. The van der Waals surface area contributed by atoms with Gasteiger partial charge in [0.15, 0.2) is 5.75 Å². The first-order chi connectivity index (χ1) is 5.53. The zero-order chi connectivity index (χ0) is 9.19. The maximum Gasteiger partial charge on any atom is 0.225 e. The fourth-order valence-electron chi connectivity index (χ4n) is 1.06. The Kier molecular flexibility index (Phi) is 2.67. The number of hydrogen-bond acceptors (Lipinski definition) is 4. The van der Waals surface area contributed by atoms with E-state index in [0.717, 1.165) is 0 Å². The highest BCUT2D eigenvalue weighted by Gasteiger charge is 2.30. The topological polar surface area (TPSA) is 90.2 Å². The molecule has 0 amide bonds. The molecular formula is C6H10N2O3S. The molecule has 5 nitrogen and oxygen atoms in total. The molecule has 0 aromatic heterocycles. The van der Waals surface area contributed by atoms with Crippen LogP contribution in [0.1, 0.15) is 12.8 Å². The van der Waals surface area contributed by atoms with Crippen LogP contribution < -0.4 is 4.72 Å². The Balaban J connectivity index is 2.37. The Morgan fingerprint density at radius 3 is 2.58 bits per heavy atom. The number of aliphatic hydroxyl groups is 1. The molecule has 1 aliphatic rings. The molecule has 1 fully saturated rings. The molecule has 0 aromatic rings. The van der Waals surface area contributed by atoms with Crippen molar-refractivity contribution >= 4 is 10.0 Å². The summed E-state index contributed by atoms with van der Waals surface area (Å²) in [4.78, 5) is 0. The van der Waals surface area contributed by atoms with Crippen molar-refractivity contribution in [2.45, 2.75) is 25.0 Å². The van der Waals surface area contributed by atoms with Gasteiger partial charge >= 0.3 is 0 Å². The molecule has 0 aromatic carbocycles. The summed E-state index contributed by atoms with van der Waals surface area (Å²) in [5.41, 5.74) is 0. The van der Waals surface area contributed by atoms with Crippen molar-refractivity contribution in [2.24, 2.45) is 0 Å². The molecule has 1 rings (SSSR count). The van der Waals surface area contributed by atoms with Crippen LogP contribution in [0.15, 0.2) is 0 Å². The van der Waals surface area contributed by atoms with Crippen LogP contribution in [0.2, 0.25) is 0 Å². The molecule has 0 unspecified atom stereocenters. The largest absolute Gasteiger partial charge is 0.393 e. The lowest BCUT2D eigenvalue weighted by atomic mass is 9.91. The second-order valence-electron chi connectivity index (χ2n) is 2.86. The predicted octanol–water partition coefficient (Wildman–Crippen LogP) is -1.05. The normalized spacial score (nSPS) is 29.0. The van der Waals surface area contributed by atoms with Crippen molar-refractivity contribution in [1.82, 2.24) is 4.72 Å². The van der Waals surface area contributed by atoms with E-state index in [2.05, 4.69) is 4.72 Å². The second-order valence-corrected chi connectivity index (χ2v) is 4.61. The summed E-state index contributed by atoms with van der Waals surface area (Å²) in [7, 11) is -3.44. The Morgan fingerprint density at radius 2 is 2.17 bits per heavy atom. The van der Waals surface area contributed by atoms with E-state index in [4.69, 9.17) is 10.4 Å². The monoisotopic (exact) mass is 190 g/mol. The Hall–Kier alpha value is -0.640. The quantitative estimate of drug-likeness (QED) is 0.594. The molecule has 68 valence electrons. The number of nitriles is 1. The van der Waals surface area contributed by atoms with Gasteiger partial charge in [-0.25, -0.2) is 13.1 Å². The number of hydrogen-bond donors (Lipinski definition) is 2. The number of aliphatic hydroxyl groups excluding tert-OH is 1. The molecular weight excluding hydrogens is 180 g/mol. The molecule has 2 N–H and O–H groups in total. The van der Waals surface area contributed by atoms with Crippen molar-refractivity contribution in [3.63, 3.8) is 0 Å². The molecule has 1 aliphatic carbocycles. The molecule has 0 radical (unpaired) electrons. The molecule has 0 spiro atoms. The summed E-state index contributed by atoms with van der Waals surface area (Å²) in [6.45, 7) is 0. The maximum absolute atomic E-state index is 10.9. The molecule has 0 atom stereocenters. The smallest absolute Gasteiger partial charge is 0.225 e. The van der Waals surface area contributed by atoms with Gasteiger partial charge in [0.05, 0.1) is 12.2 Å². The maximum atomic E-state index is 10.9. The summed E-state index contributed by atoms with van der Waals surface area (Å²) in [6.07, 6.45) is 0.509. The minimum Gasteiger partial charge on any atom is -0.393 e. The molecule has 12 heavy (non-hydrogen) atoms. The highest BCUT2D eigenvalue weighted by Crippen LogP contribution is 2.19. The summed E-state index contributed by atoms with van der Waals surface area (Å²) in [6, 6.07) is 1.38. The lowest BCUT2D eigenvalue weighted by Crippen LogP contribution is -2.47. The zero-order valence-corrected chi connectivity index (χ0v) is 7.21. The Morgan fingerprint density at radius 1 is 1.58 bits per heavy atom. The summed E-state index contributed by atoms with van der Waals surface area (Å²) in [5.74, 6) is -0.514. The fourth-order valence-corrected chi connectivity index (χ4v) is 2.02. The average Bonchev–Trinajstić information content (AvgIpc) is 1.83. The molecule has 0 aliphatic heterocycles. The molecule has 0 heterocycles. The average molecular weight is 190 g/mol. The van der Waals surface area contributed by atoms with Crippen molar-refractivity contribution in [1.29, 1.82) is 5.26 Å². The third-order valence-electron chi connectivity index (χ3n) is 1.71. The van der Waals surface area contributed by atoms with Gasteiger partial charge in [-0.15, -0.1) is 0 Å². The molecule has 0 bridgehead atoms. The van der Waals surface area contributed by atoms with Crippen LogP contribution >= 0.6 is 0 Å².